The molecule has 4 rings (SSSR count). The summed E-state index contributed by atoms with van der Waals surface area (Å²) in [4.78, 5) is 27.2. The number of ether oxygens (including phenoxy) is 1. The smallest absolute Gasteiger partial charge is 0.274 e. The van der Waals surface area contributed by atoms with Crippen molar-refractivity contribution in [2.75, 3.05) is 25.5 Å². The summed E-state index contributed by atoms with van der Waals surface area (Å²) in [5.74, 6) is 1.11. The molecule has 2 amide bonds. The van der Waals surface area contributed by atoms with Crippen LogP contribution in [0.3, 0.4) is 0 Å². The van der Waals surface area contributed by atoms with Gasteiger partial charge in [0.15, 0.2) is 5.82 Å². The number of para-hydroxylation sites is 1. The molecule has 1 fully saturated rings. The predicted octanol–water partition coefficient (Wildman–Crippen LogP) is 3.18. The maximum absolute atomic E-state index is 12.8. The third kappa shape index (κ3) is 4.82. The van der Waals surface area contributed by atoms with E-state index < -0.39 is 0 Å². The van der Waals surface area contributed by atoms with Gasteiger partial charge in [-0.05, 0) is 43.9 Å². The maximum Gasteiger partial charge on any atom is 0.274 e. The number of carbonyl (C=O) groups excluding carboxylic acids is 2. The largest absolute Gasteiger partial charge is 0.496 e. The van der Waals surface area contributed by atoms with Crippen molar-refractivity contribution in [1.29, 1.82) is 0 Å². The van der Waals surface area contributed by atoms with Gasteiger partial charge in [0.2, 0.25) is 5.91 Å². The van der Waals surface area contributed by atoms with Crippen LogP contribution in [0.15, 0.2) is 42.6 Å². The van der Waals surface area contributed by atoms with E-state index in [0.717, 1.165) is 36.4 Å². The molecule has 0 bridgehead atoms. The van der Waals surface area contributed by atoms with E-state index in [4.69, 9.17) is 4.74 Å². The number of piperidine rings is 1. The Kier molecular flexibility index (Phi) is 6.53. The molecule has 1 aromatic carbocycles. The van der Waals surface area contributed by atoms with Gasteiger partial charge in [-0.3, -0.25) is 19.4 Å². The van der Waals surface area contributed by atoms with Crippen LogP contribution in [0.5, 0.6) is 5.75 Å². The second kappa shape index (κ2) is 9.67. The average Bonchev–Trinajstić information content (AvgIpc) is 3.48. The van der Waals surface area contributed by atoms with Gasteiger partial charge in [0, 0.05) is 43.9 Å². The summed E-state index contributed by atoms with van der Waals surface area (Å²) in [6, 6.07) is 11.1. The molecule has 2 aromatic heterocycles. The Morgan fingerprint density at radius 3 is 2.91 bits per heavy atom. The Morgan fingerprint density at radius 2 is 2.12 bits per heavy atom. The summed E-state index contributed by atoms with van der Waals surface area (Å²) in [6.45, 7) is 3.95. The fraction of sp³-hybridized carbons (Fsp3) is 0.391. The first-order chi connectivity index (χ1) is 15.6. The number of likely N-dealkylation sites (tertiary alicyclic amines) is 1. The molecule has 3 aromatic rings. The Labute approximate surface area is 186 Å². The van der Waals surface area contributed by atoms with E-state index in [1.165, 1.54) is 0 Å². The van der Waals surface area contributed by atoms with E-state index in [1.807, 2.05) is 37.4 Å². The zero-order valence-corrected chi connectivity index (χ0v) is 18.4. The van der Waals surface area contributed by atoms with Crippen molar-refractivity contribution in [3.63, 3.8) is 0 Å². The van der Waals surface area contributed by atoms with E-state index in [2.05, 4.69) is 20.6 Å². The summed E-state index contributed by atoms with van der Waals surface area (Å²) in [6.07, 6.45) is 3.93. The molecule has 0 saturated carbocycles. The van der Waals surface area contributed by atoms with Crippen LogP contribution in [0.25, 0.3) is 11.3 Å². The molecule has 2 N–H and O–H groups in total. The molecule has 0 radical (unpaired) electrons. The number of rotatable bonds is 7. The number of aromatic nitrogens is 4. The Morgan fingerprint density at radius 1 is 1.28 bits per heavy atom. The first kappa shape index (κ1) is 21.6. The van der Waals surface area contributed by atoms with Crippen LogP contribution < -0.4 is 10.1 Å². The molecule has 168 valence electrons. The van der Waals surface area contributed by atoms with Gasteiger partial charge in [0.25, 0.3) is 5.91 Å². The number of nitrogens with one attached hydrogen (secondary N) is 2. The molecule has 1 atom stereocenters. The summed E-state index contributed by atoms with van der Waals surface area (Å²) in [5.41, 5.74) is 2.09. The fourth-order valence-corrected chi connectivity index (χ4v) is 4.08. The van der Waals surface area contributed by atoms with Crippen molar-refractivity contribution in [3.8, 4) is 17.0 Å². The van der Waals surface area contributed by atoms with E-state index in [9.17, 15) is 9.59 Å². The molecule has 9 nitrogen and oxygen atoms in total. The topological polar surface area (TPSA) is 105 Å². The first-order valence-electron chi connectivity index (χ1n) is 10.9. The minimum absolute atomic E-state index is 0.0731. The van der Waals surface area contributed by atoms with Gasteiger partial charge in [0.05, 0.1) is 12.8 Å². The van der Waals surface area contributed by atoms with Crippen LogP contribution in [-0.4, -0.2) is 56.9 Å². The molecule has 3 heterocycles. The highest BCUT2D eigenvalue weighted by Crippen LogP contribution is 2.29. The lowest BCUT2D eigenvalue weighted by Crippen LogP contribution is -2.41. The summed E-state index contributed by atoms with van der Waals surface area (Å²) in [5, 5.41) is 14.3. The highest BCUT2D eigenvalue weighted by atomic mass is 16.5. The lowest BCUT2D eigenvalue weighted by atomic mass is 9.94. The molecule has 9 heteroatoms. The van der Waals surface area contributed by atoms with Crippen LogP contribution in [-0.2, 0) is 11.3 Å². The van der Waals surface area contributed by atoms with Gasteiger partial charge in [-0.2, -0.15) is 10.2 Å². The molecular weight excluding hydrogens is 408 g/mol. The Balaban J connectivity index is 1.34. The molecular formula is C23H28N6O3. The van der Waals surface area contributed by atoms with E-state index in [1.54, 1.807) is 28.8 Å². The van der Waals surface area contributed by atoms with E-state index >= 15 is 0 Å². The second-order valence-electron chi connectivity index (χ2n) is 7.94. The van der Waals surface area contributed by atoms with Crippen molar-refractivity contribution in [2.24, 2.45) is 5.92 Å². The number of aromatic amines is 1. The monoisotopic (exact) mass is 436 g/mol. The highest BCUT2D eigenvalue weighted by Gasteiger charge is 2.27. The lowest BCUT2D eigenvalue weighted by molar-refractivity contribution is -0.117. The molecule has 1 unspecified atom stereocenters. The summed E-state index contributed by atoms with van der Waals surface area (Å²) in [7, 11) is 1.62. The molecule has 0 spiro atoms. The van der Waals surface area contributed by atoms with Crippen LogP contribution in [0.1, 0.15) is 36.7 Å². The average molecular weight is 437 g/mol. The third-order valence-corrected chi connectivity index (χ3v) is 5.71. The minimum Gasteiger partial charge on any atom is -0.496 e. The number of methoxy groups -OCH3 is 1. The maximum atomic E-state index is 12.8. The molecule has 32 heavy (non-hydrogen) atoms. The third-order valence-electron chi connectivity index (χ3n) is 5.71. The van der Waals surface area contributed by atoms with Crippen LogP contribution >= 0.6 is 0 Å². The number of hydrogen-bond acceptors (Lipinski definition) is 5. The van der Waals surface area contributed by atoms with Crippen LogP contribution in [0.2, 0.25) is 0 Å². The van der Waals surface area contributed by atoms with E-state index in [0.29, 0.717) is 31.0 Å². The second-order valence-corrected chi connectivity index (χ2v) is 7.94. The van der Waals surface area contributed by atoms with Gasteiger partial charge in [-0.25, -0.2) is 0 Å². The SMILES string of the molecule is CCn1ccc(C(=O)N2CCCC(CC(=O)Nc3cc(-c4ccccc4OC)[nH]n3)C2)n1. The quantitative estimate of drug-likeness (QED) is 0.592. The summed E-state index contributed by atoms with van der Waals surface area (Å²) >= 11 is 0. The standard InChI is InChI=1S/C23H28N6O3/c1-3-29-12-10-18(27-29)23(31)28-11-6-7-16(15-28)13-22(30)24-21-14-19(25-26-21)17-8-4-5-9-20(17)32-2/h4-5,8-10,12,14,16H,3,6-7,11,13,15H2,1-2H3,(H2,24,25,26,30). The van der Waals surface area contributed by atoms with Crippen molar-refractivity contribution < 1.29 is 14.3 Å². The molecule has 1 aliphatic rings. The molecule has 1 saturated heterocycles. The number of anilines is 1. The number of carbonyl (C=O) groups is 2. The van der Waals surface area contributed by atoms with Crippen molar-refractivity contribution in [2.45, 2.75) is 32.7 Å². The van der Waals surface area contributed by atoms with Crippen molar-refractivity contribution >= 4 is 17.6 Å². The zero-order valence-electron chi connectivity index (χ0n) is 18.4. The minimum atomic E-state index is -0.113. The lowest BCUT2D eigenvalue weighted by Gasteiger charge is -2.32. The number of nitrogens with zero attached hydrogens (tertiary/aromatic N) is 4. The van der Waals surface area contributed by atoms with Gasteiger partial charge in [0.1, 0.15) is 11.4 Å². The van der Waals surface area contributed by atoms with E-state index in [-0.39, 0.29) is 17.7 Å². The normalized spacial score (nSPS) is 16.1. The fourth-order valence-electron chi connectivity index (χ4n) is 4.08. The van der Waals surface area contributed by atoms with Crippen molar-refractivity contribution in [3.05, 3.63) is 48.3 Å². The van der Waals surface area contributed by atoms with Gasteiger partial charge < -0.3 is 15.0 Å². The van der Waals surface area contributed by atoms with Crippen LogP contribution in [0.4, 0.5) is 5.82 Å². The zero-order chi connectivity index (χ0) is 22.5. The number of aryl methyl sites for hydroxylation is 1. The highest BCUT2D eigenvalue weighted by molar-refractivity contribution is 5.93. The first-order valence-corrected chi connectivity index (χ1v) is 10.9. The number of benzene rings is 1. The van der Waals surface area contributed by atoms with Gasteiger partial charge >= 0.3 is 0 Å². The predicted molar refractivity (Wildman–Crippen MR) is 120 cm³/mol. The Hall–Kier alpha value is -3.62. The van der Waals surface area contributed by atoms with Gasteiger partial charge in [-0.1, -0.05) is 12.1 Å². The van der Waals surface area contributed by atoms with Crippen LogP contribution in [0, 0.1) is 5.92 Å². The number of H-pyrrole nitrogens is 1. The molecule has 1 aliphatic heterocycles. The number of hydrogen-bond donors (Lipinski definition) is 2. The summed E-state index contributed by atoms with van der Waals surface area (Å²) < 4.78 is 7.13. The number of amides is 2. The van der Waals surface area contributed by atoms with Gasteiger partial charge in [-0.15, -0.1) is 0 Å². The Bertz CT molecular complexity index is 1090. The molecule has 0 aliphatic carbocycles. The van der Waals surface area contributed by atoms with Crippen molar-refractivity contribution in [1.82, 2.24) is 24.9 Å².